The fraction of sp³-hybridized carbons (Fsp3) is 1.00. The van der Waals surface area contributed by atoms with E-state index in [1.165, 1.54) is 19.3 Å². The number of hydrogen-bond acceptors (Lipinski definition) is 2. The third-order valence-electron chi connectivity index (χ3n) is 2.53. The van der Waals surface area contributed by atoms with Crippen molar-refractivity contribution in [1.29, 1.82) is 0 Å². The van der Waals surface area contributed by atoms with E-state index in [1.807, 2.05) is 0 Å². The molecular formula is C11H27N2O+. The third-order valence-corrected chi connectivity index (χ3v) is 2.53. The molecule has 0 amide bonds. The van der Waals surface area contributed by atoms with Crippen LogP contribution >= 0.6 is 0 Å². The van der Waals surface area contributed by atoms with Crippen molar-refractivity contribution in [1.82, 2.24) is 5.32 Å². The molecule has 0 rings (SSSR count). The summed E-state index contributed by atoms with van der Waals surface area (Å²) in [4.78, 5) is 0. The number of hydrogen-bond donors (Lipinski definition) is 2. The Labute approximate surface area is 88.7 Å². The number of likely N-dealkylation sites (N-methyl/N-ethyl adjacent to an activating group) is 1. The molecule has 3 nitrogen and oxygen atoms in total. The van der Waals surface area contributed by atoms with Gasteiger partial charge in [0, 0.05) is 13.0 Å². The van der Waals surface area contributed by atoms with Crippen LogP contribution in [-0.4, -0.2) is 56.5 Å². The number of quaternary nitrogens is 1. The second-order valence-electron chi connectivity index (χ2n) is 4.56. The first kappa shape index (κ1) is 13.9. The van der Waals surface area contributed by atoms with Gasteiger partial charge in [-0.2, -0.15) is 0 Å². The van der Waals surface area contributed by atoms with E-state index in [4.69, 9.17) is 5.11 Å². The minimum atomic E-state index is 0.288. The highest BCUT2D eigenvalue weighted by molar-refractivity contribution is 4.47. The number of nitrogens with zero attached hydrogens (tertiary/aromatic N) is 1. The monoisotopic (exact) mass is 203 g/mol. The molecule has 0 saturated heterocycles. The summed E-state index contributed by atoms with van der Waals surface area (Å²) in [5.74, 6) is 0. The van der Waals surface area contributed by atoms with Crippen LogP contribution in [0.2, 0.25) is 0 Å². The first-order valence-corrected chi connectivity index (χ1v) is 5.76. The molecule has 0 unspecified atom stereocenters. The van der Waals surface area contributed by atoms with E-state index in [2.05, 4.69) is 26.3 Å². The van der Waals surface area contributed by atoms with Crippen LogP contribution in [0.3, 0.4) is 0 Å². The van der Waals surface area contributed by atoms with Crippen molar-refractivity contribution in [2.45, 2.75) is 26.2 Å². The van der Waals surface area contributed by atoms with Gasteiger partial charge in [0.25, 0.3) is 0 Å². The van der Waals surface area contributed by atoms with Crippen molar-refractivity contribution in [3.63, 3.8) is 0 Å². The summed E-state index contributed by atoms with van der Waals surface area (Å²) >= 11 is 0. The van der Waals surface area contributed by atoms with Crippen LogP contribution < -0.4 is 5.32 Å². The van der Waals surface area contributed by atoms with Crippen molar-refractivity contribution in [3.05, 3.63) is 0 Å². The molecule has 0 aromatic heterocycles. The van der Waals surface area contributed by atoms with Gasteiger partial charge in [-0.05, 0) is 13.0 Å². The van der Waals surface area contributed by atoms with Gasteiger partial charge in [0.1, 0.15) is 6.54 Å². The SMILES string of the molecule is CCCCNCCC[N+](C)(C)CCO. The van der Waals surface area contributed by atoms with Crippen LogP contribution in [0.25, 0.3) is 0 Å². The molecule has 0 spiro atoms. The van der Waals surface area contributed by atoms with Gasteiger partial charge in [-0.3, -0.25) is 0 Å². The molecule has 0 aliphatic carbocycles. The lowest BCUT2D eigenvalue weighted by Crippen LogP contribution is -2.43. The topological polar surface area (TPSA) is 32.3 Å². The Hall–Kier alpha value is -0.120. The predicted octanol–water partition coefficient (Wildman–Crippen LogP) is 0.835. The predicted molar refractivity (Wildman–Crippen MR) is 61.3 cm³/mol. The van der Waals surface area contributed by atoms with Gasteiger partial charge in [-0.1, -0.05) is 13.3 Å². The van der Waals surface area contributed by atoms with Gasteiger partial charge in [-0.25, -0.2) is 0 Å². The zero-order valence-electron chi connectivity index (χ0n) is 10.1. The van der Waals surface area contributed by atoms with Gasteiger partial charge in [0.2, 0.25) is 0 Å². The lowest BCUT2D eigenvalue weighted by Gasteiger charge is -2.28. The molecule has 0 heterocycles. The van der Waals surface area contributed by atoms with Crippen LogP contribution in [0.15, 0.2) is 0 Å². The summed E-state index contributed by atoms with van der Waals surface area (Å²) < 4.78 is 0.923. The Morgan fingerprint density at radius 2 is 1.71 bits per heavy atom. The molecule has 0 aromatic carbocycles. The Bertz CT molecular complexity index is 126. The van der Waals surface area contributed by atoms with Crippen molar-refractivity contribution < 1.29 is 9.59 Å². The molecule has 86 valence electrons. The van der Waals surface area contributed by atoms with E-state index in [0.29, 0.717) is 0 Å². The minimum absolute atomic E-state index is 0.288. The van der Waals surface area contributed by atoms with Crippen molar-refractivity contribution in [2.75, 3.05) is 46.9 Å². The summed E-state index contributed by atoms with van der Waals surface area (Å²) in [6, 6.07) is 0. The maximum atomic E-state index is 8.84. The highest BCUT2D eigenvalue weighted by atomic mass is 16.3. The van der Waals surface area contributed by atoms with E-state index in [9.17, 15) is 0 Å². The number of aliphatic hydroxyl groups is 1. The molecular weight excluding hydrogens is 176 g/mol. The van der Waals surface area contributed by atoms with E-state index in [1.54, 1.807) is 0 Å². The molecule has 0 fully saturated rings. The Balaban J connectivity index is 3.26. The Kier molecular flexibility index (Phi) is 8.14. The molecule has 0 bridgehead atoms. The molecule has 0 aromatic rings. The zero-order valence-corrected chi connectivity index (χ0v) is 10.1. The lowest BCUT2D eigenvalue weighted by atomic mass is 10.3. The van der Waals surface area contributed by atoms with Crippen LogP contribution in [-0.2, 0) is 0 Å². The average Bonchev–Trinajstić information content (AvgIpc) is 2.11. The standard InChI is InChI=1S/C11H27N2O/c1-4-5-7-12-8-6-9-13(2,3)10-11-14/h12,14H,4-11H2,1-3H3/q+1. The van der Waals surface area contributed by atoms with Crippen molar-refractivity contribution in [2.24, 2.45) is 0 Å². The maximum Gasteiger partial charge on any atom is 0.102 e. The molecule has 3 heteroatoms. The van der Waals surface area contributed by atoms with Crippen molar-refractivity contribution >= 4 is 0 Å². The second-order valence-corrected chi connectivity index (χ2v) is 4.56. The summed E-state index contributed by atoms with van der Waals surface area (Å²) in [6.45, 7) is 6.74. The molecule has 0 aliphatic rings. The Morgan fingerprint density at radius 1 is 1.07 bits per heavy atom. The number of aliphatic hydroxyl groups excluding tert-OH is 1. The van der Waals surface area contributed by atoms with Gasteiger partial charge in [0.15, 0.2) is 0 Å². The quantitative estimate of drug-likeness (QED) is 0.430. The van der Waals surface area contributed by atoms with E-state index in [-0.39, 0.29) is 6.61 Å². The van der Waals surface area contributed by atoms with Crippen LogP contribution in [0.1, 0.15) is 26.2 Å². The largest absolute Gasteiger partial charge is 0.391 e. The third kappa shape index (κ3) is 8.48. The summed E-state index contributed by atoms with van der Waals surface area (Å²) in [6.07, 6.45) is 3.73. The van der Waals surface area contributed by atoms with E-state index in [0.717, 1.165) is 30.7 Å². The van der Waals surface area contributed by atoms with Gasteiger partial charge >= 0.3 is 0 Å². The fourth-order valence-corrected chi connectivity index (χ4v) is 1.44. The van der Waals surface area contributed by atoms with E-state index < -0.39 is 0 Å². The molecule has 0 atom stereocenters. The number of nitrogens with one attached hydrogen (secondary N) is 1. The van der Waals surface area contributed by atoms with Gasteiger partial charge in [0.05, 0.1) is 27.2 Å². The normalized spacial score (nSPS) is 12.0. The summed E-state index contributed by atoms with van der Waals surface area (Å²) in [5.41, 5.74) is 0. The highest BCUT2D eigenvalue weighted by Crippen LogP contribution is 1.97. The van der Waals surface area contributed by atoms with Crippen molar-refractivity contribution in [3.8, 4) is 0 Å². The lowest BCUT2D eigenvalue weighted by molar-refractivity contribution is -0.890. The number of rotatable bonds is 9. The van der Waals surface area contributed by atoms with Gasteiger partial charge < -0.3 is 14.9 Å². The highest BCUT2D eigenvalue weighted by Gasteiger charge is 2.12. The van der Waals surface area contributed by atoms with E-state index >= 15 is 0 Å². The van der Waals surface area contributed by atoms with Gasteiger partial charge in [-0.15, -0.1) is 0 Å². The maximum absolute atomic E-state index is 8.84. The molecule has 0 aliphatic heterocycles. The number of unbranched alkanes of at least 4 members (excludes halogenated alkanes) is 1. The van der Waals surface area contributed by atoms with Crippen LogP contribution in [0, 0.1) is 0 Å². The minimum Gasteiger partial charge on any atom is -0.391 e. The average molecular weight is 203 g/mol. The van der Waals surface area contributed by atoms with Crippen LogP contribution in [0.4, 0.5) is 0 Å². The molecule has 2 N–H and O–H groups in total. The first-order chi connectivity index (χ1) is 6.62. The zero-order chi connectivity index (χ0) is 10.9. The molecule has 0 radical (unpaired) electrons. The second kappa shape index (κ2) is 8.21. The summed E-state index contributed by atoms with van der Waals surface area (Å²) in [7, 11) is 4.34. The summed E-state index contributed by atoms with van der Waals surface area (Å²) in [5, 5.41) is 12.3. The fourth-order valence-electron chi connectivity index (χ4n) is 1.44. The first-order valence-electron chi connectivity index (χ1n) is 5.76. The smallest absolute Gasteiger partial charge is 0.102 e. The molecule has 0 saturated carbocycles. The van der Waals surface area contributed by atoms with Crippen LogP contribution in [0.5, 0.6) is 0 Å². The Morgan fingerprint density at radius 3 is 2.29 bits per heavy atom. The molecule has 14 heavy (non-hydrogen) atoms.